The van der Waals surface area contributed by atoms with E-state index in [0.29, 0.717) is 12.4 Å². The smallest absolute Gasteiger partial charge is 0.347 e. The Bertz CT molecular complexity index is 587. The third kappa shape index (κ3) is 17.4. The van der Waals surface area contributed by atoms with Gasteiger partial charge in [0.05, 0.1) is 6.61 Å². The molecule has 0 saturated carbocycles. The lowest BCUT2D eigenvalue weighted by Crippen LogP contribution is -2.26. The van der Waals surface area contributed by atoms with Gasteiger partial charge in [-0.2, -0.15) is 0 Å². The Labute approximate surface area is 203 Å². The zero-order valence-corrected chi connectivity index (χ0v) is 21.5. The van der Waals surface area contributed by atoms with E-state index >= 15 is 0 Å². The van der Waals surface area contributed by atoms with Crippen LogP contribution in [0.1, 0.15) is 129 Å². The molecule has 0 amide bonds. The summed E-state index contributed by atoms with van der Waals surface area (Å²) in [6.45, 7) is 4.40. The molecule has 1 aromatic rings. The lowest BCUT2D eigenvalue weighted by Gasteiger charge is -2.14. The normalized spacial score (nSPS) is 11.9. The van der Waals surface area contributed by atoms with Crippen molar-refractivity contribution in [3.63, 3.8) is 0 Å². The first-order chi connectivity index (χ1) is 16.1. The second-order valence-corrected chi connectivity index (χ2v) is 9.44. The highest BCUT2D eigenvalue weighted by Crippen LogP contribution is 2.19. The predicted octanol–water partition coefficient (Wildman–Crippen LogP) is 8.74. The molecule has 0 heterocycles. The van der Waals surface area contributed by atoms with E-state index in [9.17, 15) is 9.90 Å². The maximum atomic E-state index is 12.0. The molecule has 4 nitrogen and oxygen atoms in total. The van der Waals surface area contributed by atoms with Gasteiger partial charge in [-0.05, 0) is 25.5 Å². The molecule has 1 rings (SSSR count). The molecule has 1 unspecified atom stereocenters. The summed E-state index contributed by atoms with van der Waals surface area (Å²) in [7, 11) is 0. The molecule has 0 aliphatic carbocycles. The molecule has 190 valence electrons. The van der Waals surface area contributed by atoms with E-state index in [2.05, 4.69) is 6.92 Å². The standard InChI is InChI=1S/C29H50O4/c1-3-4-5-6-7-8-9-10-11-12-13-14-15-16-17-18-19-20-24-32-29(31)26(2)33-28-23-21-22-27(30)25-28/h21-23,25-26,30H,3-20,24H2,1-2H3. The molecule has 33 heavy (non-hydrogen) atoms. The van der Waals surface area contributed by atoms with Crippen LogP contribution in [0.25, 0.3) is 0 Å². The molecule has 1 atom stereocenters. The fourth-order valence-electron chi connectivity index (χ4n) is 4.10. The number of ether oxygens (including phenoxy) is 2. The van der Waals surface area contributed by atoms with E-state index in [1.807, 2.05) is 0 Å². The number of hydrogen-bond acceptors (Lipinski definition) is 4. The summed E-state index contributed by atoms with van der Waals surface area (Å²) in [6, 6.07) is 6.44. The largest absolute Gasteiger partial charge is 0.508 e. The monoisotopic (exact) mass is 462 g/mol. The maximum absolute atomic E-state index is 12.0. The Balaban J connectivity index is 1.81. The number of aromatic hydroxyl groups is 1. The molecule has 4 heteroatoms. The van der Waals surface area contributed by atoms with Crippen molar-refractivity contribution in [1.29, 1.82) is 0 Å². The van der Waals surface area contributed by atoms with E-state index in [1.54, 1.807) is 25.1 Å². The quantitative estimate of drug-likeness (QED) is 0.138. The summed E-state index contributed by atoms with van der Waals surface area (Å²) in [4.78, 5) is 12.0. The van der Waals surface area contributed by atoms with Crippen LogP contribution in [0.5, 0.6) is 11.5 Å². The minimum absolute atomic E-state index is 0.117. The number of rotatable bonds is 22. The highest BCUT2D eigenvalue weighted by Gasteiger charge is 2.16. The van der Waals surface area contributed by atoms with Gasteiger partial charge in [0.1, 0.15) is 11.5 Å². The highest BCUT2D eigenvalue weighted by molar-refractivity contribution is 5.74. The first-order valence-electron chi connectivity index (χ1n) is 13.8. The molecule has 0 fully saturated rings. The molecule has 0 radical (unpaired) electrons. The molecule has 0 aliphatic rings. The van der Waals surface area contributed by atoms with Crippen LogP contribution in [0.15, 0.2) is 24.3 Å². The van der Waals surface area contributed by atoms with Gasteiger partial charge in [0, 0.05) is 6.07 Å². The molecule has 0 spiro atoms. The van der Waals surface area contributed by atoms with Crippen LogP contribution in [0.3, 0.4) is 0 Å². The Kier molecular flexibility index (Phi) is 18.5. The van der Waals surface area contributed by atoms with Gasteiger partial charge in [0.2, 0.25) is 0 Å². The van der Waals surface area contributed by atoms with Crippen molar-refractivity contribution in [1.82, 2.24) is 0 Å². The van der Waals surface area contributed by atoms with E-state index in [4.69, 9.17) is 9.47 Å². The van der Waals surface area contributed by atoms with Crippen molar-refractivity contribution in [2.45, 2.75) is 136 Å². The number of benzene rings is 1. The van der Waals surface area contributed by atoms with Gasteiger partial charge in [-0.15, -0.1) is 0 Å². The molecular weight excluding hydrogens is 412 g/mol. The molecule has 0 saturated heterocycles. The summed E-state index contributed by atoms with van der Waals surface area (Å²) in [5.74, 6) is 0.227. The van der Waals surface area contributed by atoms with Crippen molar-refractivity contribution in [2.75, 3.05) is 6.61 Å². The van der Waals surface area contributed by atoms with E-state index in [0.717, 1.165) is 12.8 Å². The van der Waals surface area contributed by atoms with Crippen LogP contribution in [0.2, 0.25) is 0 Å². The molecule has 0 aliphatic heterocycles. The van der Waals surface area contributed by atoms with Crippen molar-refractivity contribution < 1.29 is 19.4 Å². The van der Waals surface area contributed by atoms with Crippen LogP contribution < -0.4 is 4.74 Å². The van der Waals surface area contributed by atoms with Gasteiger partial charge in [-0.1, -0.05) is 122 Å². The Morgan fingerprint density at radius 1 is 0.758 bits per heavy atom. The number of carbonyl (C=O) groups excluding carboxylic acids is 1. The van der Waals surface area contributed by atoms with Crippen molar-refractivity contribution in [3.05, 3.63) is 24.3 Å². The summed E-state index contributed by atoms with van der Waals surface area (Å²) >= 11 is 0. The topological polar surface area (TPSA) is 55.8 Å². The lowest BCUT2D eigenvalue weighted by molar-refractivity contribution is -0.151. The lowest BCUT2D eigenvalue weighted by atomic mass is 10.0. The third-order valence-corrected chi connectivity index (χ3v) is 6.20. The van der Waals surface area contributed by atoms with Crippen LogP contribution in [0.4, 0.5) is 0 Å². The second kappa shape index (κ2) is 20.9. The van der Waals surface area contributed by atoms with Crippen molar-refractivity contribution in [3.8, 4) is 11.5 Å². The molecule has 1 aromatic carbocycles. The van der Waals surface area contributed by atoms with Crippen LogP contribution in [-0.2, 0) is 9.53 Å². The minimum atomic E-state index is -0.678. The van der Waals surface area contributed by atoms with Gasteiger partial charge in [-0.3, -0.25) is 0 Å². The van der Waals surface area contributed by atoms with Gasteiger partial charge in [0.25, 0.3) is 0 Å². The summed E-state index contributed by atoms with van der Waals surface area (Å²) in [6.07, 6.45) is 23.5. The van der Waals surface area contributed by atoms with Crippen LogP contribution in [-0.4, -0.2) is 23.8 Å². The van der Waals surface area contributed by atoms with E-state index in [-0.39, 0.29) is 11.7 Å². The second-order valence-electron chi connectivity index (χ2n) is 9.44. The summed E-state index contributed by atoms with van der Waals surface area (Å²) < 4.78 is 10.8. The molecule has 0 aromatic heterocycles. The van der Waals surface area contributed by atoms with Gasteiger partial charge < -0.3 is 14.6 Å². The first kappa shape index (κ1) is 29.3. The number of unbranched alkanes of at least 4 members (excludes halogenated alkanes) is 17. The van der Waals surface area contributed by atoms with Crippen LogP contribution in [0, 0.1) is 0 Å². The Morgan fingerprint density at radius 3 is 1.67 bits per heavy atom. The summed E-state index contributed by atoms with van der Waals surface area (Å²) in [5, 5.41) is 9.45. The van der Waals surface area contributed by atoms with Crippen LogP contribution >= 0.6 is 0 Å². The van der Waals surface area contributed by atoms with Crippen molar-refractivity contribution in [2.24, 2.45) is 0 Å². The fraction of sp³-hybridized carbons (Fsp3) is 0.759. The summed E-state index contributed by atoms with van der Waals surface area (Å²) in [5.41, 5.74) is 0. The Hall–Kier alpha value is -1.71. The molecule has 0 bridgehead atoms. The average molecular weight is 463 g/mol. The number of phenols is 1. The van der Waals surface area contributed by atoms with Gasteiger partial charge in [-0.25, -0.2) is 4.79 Å². The van der Waals surface area contributed by atoms with E-state index < -0.39 is 6.10 Å². The zero-order valence-electron chi connectivity index (χ0n) is 21.5. The Morgan fingerprint density at radius 2 is 1.21 bits per heavy atom. The minimum Gasteiger partial charge on any atom is -0.508 e. The fourth-order valence-corrected chi connectivity index (χ4v) is 4.10. The molecular formula is C29H50O4. The number of esters is 1. The molecule has 1 N–H and O–H groups in total. The maximum Gasteiger partial charge on any atom is 0.347 e. The number of carbonyl (C=O) groups is 1. The highest BCUT2D eigenvalue weighted by atomic mass is 16.6. The zero-order chi connectivity index (χ0) is 24.0. The average Bonchev–Trinajstić information content (AvgIpc) is 2.80. The predicted molar refractivity (Wildman–Crippen MR) is 138 cm³/mol. The number of hydrogen-bond donors (Lipinski definition) is 1. The van der Waals surface area contributed by atoms with Crippen molar-refractivity contribution >= 4 is 5.97 Å². The SMILES string of the molecule is CCCCCCCCCCCCCCCCCCCCOC(=O)C(C)Oc1cccc(O)c1. The van der Waals surface area contributed by atoms with Gasteiger partial charge in [0.15, 0.2) is 6.10 Å². The van der Waals surface area contributed by atoms with E-state index in [1.165, 1.54) is 109 Å². The number of phenolic OH excluding ortho intramolecular Hbond substituents is 1. The first-order valence-corrected chi connectivity index (χ1v) is 13.8. The van der Waals surface area contributed by atoms with Gasteiger partial charge >= 0.3 is 5.97 Å². The third-order valence-electron chi connectivity index (χ3n) is 6.20.